The van der Waals surface area contributed by atoms with Gasteiger partial charge in [-0.25, -0.2) is 4.79 Å². The van der Waals surface area contributed by atoms with Crippen LogP contribution in [0.15, 0.2) is 28.4 Å². The number of hydrogen-bond donors (Lipinski definition) is 1. The number of esters is 1. The molecule has 0 saturated carbocycles. The van der Waals surface area contributed by atoms with E-state index in [2.05, 4.69) is 20.7 Å². The largest absolute Gasteiger partial charge is 0.447 e. The Kier molecular flexibility index (Phi) is 3.63. The van der Waals surface area contributed by atoms with Crippen molar-refractivity contribution < 1.29 is 19.4 Å². The molecule has 2 rings (SSSR count). The second kappa shape index (κ2) is 4.86. The lowest BCUT2D eigenvalue weighted by atomic mass is 10.3. The molecule has 0 fully saturated rings. The number of rotatable bonds is 2. The number of aliphatic hydroxyl groups excluding tert-OH is 1. The highest BCUT2D eigenvalue weighted by Crippen LogP contribution is 2.33. The second-order valence-electron chi connectivity index (χ2n) is 3.11. The van der Waals surface area contributed by atoms with Crippen LogP contribution in [0.3, 0.4) is 0 Å². The zero-order chi connectivity index (χ0) is 12.6. The third-order valence-electron chi connectivity index (χ3n) is 1.94. The molecular formula is C10H5BrCl2O4. The Morgan fingerprint density at radius 1 is 1.41 bits per heavy atom. The van der Waals surface area contributed by atoms with Gasteiger partial charge in [-0.15, -0.1) is 0 Å². The fraction of sp³-hybridized carbons (Fsp3) is 0.100. The van der Waals surface area contributed by atoms with Gasteiger partial charge in [0.2, 0.25) is 12.0 Å². The molecule has 7 heteroatoms. The highest BCUT2D eigenvalue weighted by atomic mass is 79.9. The van der Waals surface area contributed by atoms with Crippen molar-refractivity contribution in [3.63, 3.8) is 0 Å². The maximum absolute atomic E-state index is 11.3. The molecule has 0 aliphatic carbocycles. The molecule has 17 heavy (non-hydrogen) atoms. The Hall–Kier alpha value is -0.750. The number of hydrogen-bond acceptors (Lipinski definition) is 4. The summed E-state index contributed by atoms with van der Waals surface area (Å²) in [5.41, 5.74) is 0. The van der Waals surface area contributed by atoms with Gasteiger partial charge in [0.05, 0.1) is 5.02 Å². The van der Waals surface area contributed by atoms with Gasteiger partial charge in [-0.05, 0) is 34.1 Å². The molecule has 1 unspecified atom stereocenters. The summed E-state index contributed by atoms with van der Waals surface area (Å²) in [4.78, 5) is 11.3. The normalized spacial score (nSPS) is 19.5. The average Bonchev–Trinajstić information content (AvgIpc) is 2.48. The number of cyclic esters (lactones) is 1. The molecule has 1 N–H and O–H groups in total. The Labute approximate surface area is 115 Å². The minimum Gasteiger partial charge on any atom is -0.447 e. The molecule has 0 spiro atoms. The van der Waals surface area contributed by atoms with E-state index in [-0.39, 0.29) is 21.0 Å². The third-order valence-corrected chi connectivity index (χ3v) is 3.23. The molecule has 1 atom stereocenters. The lowest BCUT2D eigenvalue weighted by Crippen LogP contribution is -2.09. The molecule has 0 amide bonds. The van der Waals surface area contributed by atoms with Crippen molar-refractivity contribution in [1.29, 1.82) is 0 Å². The van der Waals surface area contributed by atoms with E-state index in [1.165, 1.54) is 12.1 Å². The van der Waals surface area contributed by atoms with Crippen LogP contribution < -0.4 is 4.74 Å². The number of carbonyl (C=O) groups excluding carboxylic acids is 1. The van der Waals surface area contributed by atoms with Crippen LogP contribution in [0.25, 0.3) is 0 Å². The maximum Gasteiger partial charge on any atom is 0.377 e. The van der Waals surface area contributed by atoms with Crippen LogP contribution in [-0.2, 0) is 9.53 Å². The van der Waals surface area contributed by atoms with Crippen molar-refractivity contribution in [2.24, 2.45) is 0 Å². The molecule has 0 radical (unpaired) electrons. The Morgan fingerprint density at radius 3 is 2.65 bits per heavy atom. The van der Waals surface area contributed by atoms with Gasteiger partial charge in [0.1, 0.15) is 10.2 Å². The summed E-state index contributed by atoms with van der Waals surface area (Å²) in [5.74, 6) is -0.661. The average molecular weight is 340 g/mol. The van der Waals surface area contributed by atoms with E-state index >= 15 is 0 Å². The van der Waals surface area contributed by atoms with Crippen LogP contribution in [0.2, 0.25) is 10.0 Å². The minimum atomic E-state index is -1.34. The number of ether oxygens (including phenoxy) is 2. The van der Waals surface area contributed by atoms with Crippen LogP contribution in [0, 0.1) is 0 Å². The topological polar surface area (TPSA) is 55.8 Å². The van der Waals surface area contributed by atoms with Gasteiger partial charge < -0.3 is 14.6 Å². The molecule has 1 aliphatic heterocycles. The Balaban J connectivity index is 2.30. The quantitative estimate of drug-likeness (QED) is 0.842. The van der Waals surface area contributed by atoms with Crippen molar-refractivity contribution in [3.05, 3.63) is 38.5 Å². The monoisotopic (exact) mass is 338 g/mol. The van der Waals surface area contributed by atoms with Crippen molar-refractivity contribution >= 4 is 45.1 Å². The van der Waals surface area contributed by atoms with Gasteiger partial charge in [-0.2, -0.15) is 0 Å². The van der Waals surface area contributed by atoms with Crippen LogP contribution in [0.1, 0.15) is 0 Å². The van der Waals surface area contributed by atoms with E-state index in [1.807, 2.05) is 0 Å². The molecule has 1 aliphatic rings. The third kappa shape index (κ3) is 2.57. The van der Waals surface area contributed by atoms with E-state index in [0.717, 1.165) is 0 Å². The SMILES string of the molecule is O=C1OC(O)C(Br)=C1Oc1ccc(Cl)cc1Cl. The molecule has 0 bridgehead atoms. The van der Waals surface area contributed by atoms with Gasteiger partial charge >= 0.3 is 5.97 Å². The zero-order valence-corrected chi connectivity index (χ0v) is 11.2. The molecular weight excluding hydrogens is 335 g/mol. The van der Waals surface area contributed by atoms with Gasteiger partial charge in [0, 0.05) is 5.02 Å². The summed E-state index contributed by atoms with van der Waals surface area (Å²) in [6.45, 7) is 0. The van der Waals surface area contributed by atoms with Crippen molar-refractivity contribution in [3.8, 4) is 5.75 Å². The molecule has 1 aromatic rings. The standard InChI is InChI=1S/C10H5BrCl2O4/c11-7-8(10(15)17-9(7)14)16-6-2-1-4(12)3-5(6)13/h1-3,9,14H. The van der Waals surface area contributed by atoms with E-state index in [0.29, 0.717) is 5.02 Å². The number of halogens is 3. The fourth-order valence-corrected chi connectivity index (χ4v) is 1.96. The number of aliphatic hydroxyl groups is 1. The first-order valence-corrected chi connectivity index (χ1v) is 5.95. The zero-order valence-electron chi connectivity index (χ0n) is 8.12. The van der Waals surface area contributed by atoms with Crippen molar-refractivity contribution in [2.75, 3.05) is 0 Å². The summed E-state index contributed by atoms with van der Waals surface area (Å²) in [6.07, 6.45) is -1.34. The van der Waals surface area contributed by atoms with Crippen LogP contribution >= 0.6 is 39.1 Å². The van der Waals surface area contributed by atoms with Crippen molar-refractivity contribution in [2.45, 2.75) is 6.29 Å². The van der Waals surface area contributed by atoms with Crippen molar-refractivity contribution in [1.82, 2.24) is 0 Å². The predicted molar refractivity (Wildman–Crippen MR) is 65.1 cm³/mol. The molecule has 1 aromatic carbocycles. The summed E-state index contributed by atoms with van der Waals surface area (Å²) < 4.78 is 9.91. The Morgan fingerprint density at radius 2 is 2.12 bits per heavy atom. The van der Waals surface area contributed by atoms with E-state index in [4.69, 9.17) is 27.9 Å². The molecule has 0 aromatic heterocycles. The fourth-order valence-electron chi connectivity index (χ4n) is 1.17. The first-order valence-electron chi connectivity index (χ1n) is 4.40. The number of carbonyl (C=O) groups is 1. The molecule has 4 nitrogen and oxygen atoms in total. The summed E-state index contributed by atoms with van der Waals surface area (Å²) in [5, 5.41) is 9.95. The first-order chi connectivity index (χ1) is 7.99. The second-order valence-corrected chi connectivity index (χ2v) is 4.81. The molecule has 90 valence electrons. The first kappa shape index (κ1) is 12.7. The smallest absolute Gasteiger partial charge is 0.377 e. The lowest BCUT2D eigenvalue weighted by Gasteiger charge is -2.06. The summed E-state index contributed by atoms with van der Waals surface area (Å²) in [6, 6.07) is 4.55. The van der Waals surface area contributed by atoms with Gasteiger partial charge in [0.15, 0.2) is 0 Å². The highest BCUT2D eigenvalue weighted by molar-refractivity contribution is 9.11. The molecule has 0 saturated heterocycles. The summed E-state index contributed by atoms with van der Waals surface area (Å²) >= 11 is 14.6. The predicted octanol–water partition coefficient (Wildman–Crippen LogP) is 2.85. The van der Waals surface area contributed by atoms with Gasteiger partial charge in [-0.1, -0.05) is 23.2 Å². The number of benzene rings is 1. The van der Waals surface area contributed by atoms with Gasteiger partial charge in [0.25, 0.3) is 0 Å². The van der Waals surface area contributed by atoms with Crippen LogP contribution in [0.5, 0.6) is 5.75 Å². The Bertz CT molecular complexity index is 515. The van der Waals surface area contributed by atoms with E-state index < -0.39 is 12.3 Å². The van der Waals surface area contributed by atoms with E-state index in [9.17, 15) is 9.90 Å². The van der Waals surface area contributed by atoms with Gasteiger partial charge in [-0.3, -0.25) is 0 Å². The van der Waals surface area contributed by atoms with Crippen LogP contribution in [-0.4, -0.2) is 17.4 Å². The molecule has 1 heterocycles. The lowest BCUT2D eigenvalue weighted by molar-refractivity contribution is -0.153. The minimum absolute atomic E-state index is 0.119. The van der Waals surface area contributed by atoms with E-state index in [1.54, 1.807) is 6.07 Å². The summed E-state index contributed by atoms with van der Waals surface area (Å²) in [7, 11) is 0. The highest BCUT2D eigenvalue weighted by Gasteiger charge is 2.33. The maximum atomic E-state index is 11.3. The van der Waals surface area contributed by atoms with Crippen LogP contribution in [0.4, 0.5) is 0 Å².